The van der Waals surface area contributed by atoms with Crippen molar-refractivity contribution in [1.29, 1.82) is 0 Å². The number of nitrogens with zero attached hydrogens (tertiary/aromatic N) is 2. The molecule has 1 heterocycles. The van der Waals surface area contributed by atoms with Crippen LogP contribution in [-0.4, -0.2) is 34.2 Å². The largest absolute Gasteiger partial charge is 0.444 e. The van der Waals surface area contributed by atoms with Gasteiger partial charge in [-0.2, -0.15) is 8.78 Å². The van der Waals surface area contributed by atoms with Gasteiger partial charge < -0.3 is 25.4 Å². The number of aromatic nitrogens is 2. The molecule has 3 aromatic rings. The molecule has 0 bridgehead atoms. The average molecular weight is 687 g/mol. The molecule has 12 heteroatoms. The topological polar surface area (TPSA) is 114 Å². The van der Waals surface area contributed by atoms with Gasteiger partial charge in [0.2, 0.25) is 5.91 Å². The number of ether oxygens (including phenoxy) is 2. The summed E-state index contributed by atoms with van der Waals surface area (Å²) in [6.45, 7) is 8.15. The number of halogens is 3. The number of benzene rings is 2. The van der Waals surface area contributed by atoms with E-state index in [1.54, 1.807) is 30.6 Å². The molecule has 3 N–H and O–H groups in total. The molecule has 0 aliphatic heterocycles. The maximum Gasteiger partial charge on any atom is 0.408 e. The predicted octanol–water partition coefficient (Wildman–Crippen LogP) is 8.24. The minimum Gasteiger partial charge on any atom is -0.444 e. The summed E-state index contributed by atoms with van der Waals surface area (Å²) < 4.78 is 37.0. The van der Waals surface area contributed by atoms with Gasteiger partial charge in [-0.05, 0) is 88.8 Å². The van der Waals surface area contributed by atoms with Crippen molar-refractivity contribution >= 4 is 39.3 Å². The van der Waals surface area contributed by atoms with Gasteiger partial charge in [0.15, 0.2) is 5.82 Å². The Labute approximate surface area is 270 Å². The maximum atomic E-state index is 13.1. The molecule has 240 valence electrons. The molecular weight excluding hydrogens is 648 g/mol. The molecule has 45 heavy (non-hydrogen) atoms. The van der Waals surface area contributed by atoms with Crippen molar-refractivity contribution in [2.75, 3.05) is 10.6 Å². The summed E-state index contributed by atoms with van der Waals surface area (Å²) in [5.74, 6) is 0.347. The third-order valence-corrected chi connectivity index (χ3v) is 8.04. The van der Waals surface area contributed by atoms with Crippen molar-refractivity contribution in [2.24, 2.45) is 0 Å². The van der Waals surface area contributed by atoms with Gasteiger partial charge in [-0.15, -0.1) is 6.58 Å². The fourth-order valence-corrected chi connectivity index (χ4v) is 5.45. The van der Waals surface area contributed by atoms with E-state index in [0.29, 0.717) is 46.5 Å². The number of alkyl carbamates (subject to hydrolysis) is 1. The normalized spacial score (nSPS) is 13.9. The first-order chi connectivity index (χ1) is 21.3. The van der Waals surface area contributed by atoms with Gasteiger partial charge in [-0.3, -0.25) is 4.79 Å². The number of hydrogen-bond acceptors (Lipinski definition) is 7. The summed E-state index contributed by atoms with van der Waals surface area (Å²) in [6, 6.07) is 8.52. The number of amides is 2. The molecule has 0 saturated heterocycles. The lowest BCUT2D eigenvalue weighted by molar-refractivity contribution is -0.116. The molecule has 1 fully saturated rings. The van der Waals surface area contributed by atoms with Gasteiger partial charge in [0.05, 0.1) is 11.4 Å². The molecule has 1 aliphatic rings. The van der Waals surface area contributed by atoms with Gasteiger partial charge in [-0.25, -0.2) is 14.8 Å². The van der Waals surface area contributed by atoms with Crippen molar-refractivity contribution < 1.29 is 27.8 Å². The first-order valence-electron chi connectivity index (χ1n) is 14.7. The fraction of sp³-hybridized carbons (Fsp3) is 0.394. The lowest BCUT2D eigenvalue weighted by Gasteiger charge is -2.41. The molecule has 4 rings (SSSR count). The minimum atomic E-state index is -2.98. The monoisotopic (exact) mass is 685 g/mol. The number of carbonyl (C=O) groups excluding carboxylic acids is 2. The standard InChI is InChI=1S/C33H38BrF2N5O4/c1-6-7-12-28(42)40-26-15-20(2)22(16-25(26)37-19-23-24(34)10-8-11-27(23)44-30(35)36)21-17-38-29(39-18-21)33(13-9-14-33)41-31(43)45-32(3,4)5/h6,8,10-11,15-18,30,37H,1,7,9,12-14,19H2,2-5H3,(H,40,42)(H,41,43). The van der Waals surface area contributed by atoms with Gasteiger partial charge in [0.1, 0.15) is 16.9 Å². The zero-order valence-corrected chi connectivity index (χ0v) is 27.4. The Morgan fingerprint density at radius 1 is 1.16 bits per heavy atom. The Hall–Kier alpha value is -4.06. The number of allylic oxidation sites excluding steroid dienone is 1. The second-order valence-electron chi connectivity index (χ2n) is 11.9. The van der Waals surface area contributed by atoms with Gasteiger partial charge in [-0.1, -0.05) is 28.1 Å². The summed E-state index contributed by atoms with van der Waals surface area (Å²) in [6.07, 6.45) is 7.67. The highest BCUT2D eigenvalue weighted by Gasteiger charge is 2.43. The number of alkyl halides is 2. The Kier molecular flexibility index (Phi) is 10.8. The highest BCUT2D eigenvalue weighted by atomic mass is 79.9. The Bertz CT molecular complexity index is 1540. The zero-order chi connectivity index (χ0) is 32.8. The van der Waals surface area contributed by atoms with E-state index in [9.17, 15) is 18.4 Å². The van der Waals surface area contributed by atoms with Crippen LogP contribution in [0, 0.1) is 6.92 Å². The van der Waals surface area contributed by atoms with Crippen LogP contribution in [0.25, 0.3) is 11.1 Å². The van der Waals surface area contributed by atoms with E-state index in [-0.39, 0.29) is 24.6 Å². The lowest BCUT2D eigenvalue weighted by Crippen LogP contribution is -2.53. The van der Waals surface area contributed by atoms with Crippen molar-refractivity contribution in [1.82, 2.24) is 15.3 Å². The van der Waals surface area contributed by atoms with Crippen LogP contribution in [0.2, 0.25) is 0 Å². The summed E-state index contributed by atoms with van der Waals surface area (Å²) in [4.78, 5) is 34.5. The van der Waals surface area contributed by atoms with Crippen LogP contribution in [0.1, 0.15) is 69.8 Å². The third kappa shape index (κ3) is 8.78. The first kappa shape index (κ1) is 33.8. The molecule has 2 amide bonds. The molecule has 0 unspecified atom stereocenters. The summed E-state index contributed by atoms with van der Waals surface area (Å²) in [5, 5.41) is 9.20. The molecule has 0 spiro atoms. The van der Waals surface area contributed by atoms with E-state index in [4.69, 9.17) is 9.47 Å². The van der Waals surface area contributed by atoms with Crippen LogP contribution in [0.5, 0.6) is 5.75 Å². The Balaban J connectivity index is 1.64. The Morgan fingerprint density at radius 3 is 2.47 bits per heavy atom. The summed E-state index contributed by atoms with van der Waals surface area (Å²) in [7, 11) is 0. The molecule has 1 saturated carbocycles. The number of nitrogens with one attached hydrogen (secondary N) is 3. The second-order valence-corrected chi connectivity index (χ2v) is 12.7. The van der Waals surface area contributed by atoms with E-state index in [0.717, 1.165) is 23.1 Å². The number of carbonyl (C=O) groups is 2. The quantitative estimate of drug-likeness (QED) is 0.165. The van der Waals surface area contributed by atoms with Crippen LogP contribution in [0.15, 0.2) is 59.9 Å². The zero-order valence-electron chi connectivity index (χ0n) is 25.8. The van der Waals surface area contributed by atoms with Gasteiger partial charge >= 0.3 is 12.7 Å². The van der Waals surface area contributed by atoms with Crippen molar-refractivity contribution in [3.8, 4) is 16.9 Å². The van der Waals surface area contributed by atoms with Gasteiger partial charge in [0.25, 0.3) is 0 Å². The molecule has 1 aliphatic carbocycles. The molecule has 1 aromatic heterocycles. The number of aryl methyl sites for hydroxylation is 1. The average Bonchev–Trinajstić information content (AvgIpc) is 2.93. The van der Waals surface area contributed by atoms with Crippen LogP contribution >= 0.6 is 15.9 Å². The van der Waals surface area contributed by atoms with Crippen LogP contribution in [0.3, 0.4) is 0 Å². The SMILES string of the molecule is C=CCCC(=O)Nc1cc(C)c(-c2cnc(C3(NC(=O)OC(C)(C)C)CCC3)nc2)cc1NCc1c(Br)cccc1OC(F)F. The van der Waals surface area contributed by atoms with E-state index >= 15 is 0 Å². The fourth-order valence-electron chi connectivity index (χ4n) is 4.96. The molecule has 0 radical (unpaired) electrons. The van der Waals surface area contributed by atoms with Crippen molar-refractivity contribution in [3.05, 3.63) is 76.8 Å². The van der Waals surface area contributed by atoms with Crippen molar-refractivity contribution in [2.45, 2.75) is 84.1 Å². The number of anilines is 2. The van der Waals surface area contributed by atoms with E-state index in [1.165, 1.54) is 6.07 Å². The molecular formula is C33H38BrF2N5O4. The highest BCUT2D eigenvalue weighted by Crippen LogP contribution is 2.40. The first-order valence-corrected chi connectivity index (χ1v) is 15.4. The van der Waals surface area contributed by atoms with Crippen LogP contribution < -0.4 is 20.7 Å². The second kappa shape index (κ2) is 14.4. The van der Waals surface area contributed by atoms with E-state index in [2.05, 4.69) is 48.4 Å². The minimum absolute atomic E-state index is 0.0321. The van der Waals surface area contributed by atoms with Crippen molar-refractivity contribution in [3.63, 3.8) is 0 Å². The maximum absolute atomic E-state index is 13.1. The molecule has 2 aromatic carbocycles. The summed E-state index contributed by atoms with van der Waals surface area (Å²) in [5.41, 5.74) is 2.63. The van der Waals surface area contributed by atoms with E-state index in [1.807, 2.05) is 39.8 Å². The number of hydrogen-bond donors (Lipinski definition) is 3. The smallest absolute Gasteiger partial charge is 0.408 e. The number of rotatable bonds is 12. The van der Waals surface area contributed by atoms with E-state index < -0.39 is 23.8 Å². The predicted molar refractivity (Wildman–Crippen MR) is 173 cm³/mol. The lowest BCUT2D eigenvalue weighted by atomic mass is 9.76. The van der Waals surface area contributed by atoms with Crippen LogP contribution in [-0.2, 0) is 21.6 Å². The van der Waals surface area contributed by atoms with Crippen LogP contribution in [0.4, 0.5) is 25.0 Å². The molecule has 0 atom stereocenters. The summed E-state index contributed by atoms with van der Waals surface area (Å²) >= 11 is 3.43. The third-order valence-electron chi connectivity index (χ3n) is 7.30. The Morgan fingerprint density at radius 2 is 1.87 bits per heavy atom. The highest BCUT2D eigenvalue weighted by molar-refractivity contribution is 9.10. The molecule has 9 nitrogen and oxygen atoms in total. The van der Waals surface area contributed by atoms with Gasteiger partial charge in [0, 0.05) is 41.0 Å².